The molecule has 0 atom stereocenters. The Bertz CT molecular complexity index is 955. The molecule has 0 fully saturated rings. The Morgan fingerprint density at radius 1 is 0.923 bits per heavy atom. The maximum atomic E-state index is 12.4. The molecule has 0 radical (unpaired) electrons. The van der Waals surface area contributed by atoms with E-state index in [9.17, 15) is 4.79 Å². The molecule has 0 unspecified atom stereocenters. The first-order chi connectivity index (χ1) is 12.4. The van der Waals surface area contributed by atoms with Crippen LogP contribution in [0.1, 0.15) is 27.2 Å². The Morgan fingerprint density at radius 2 is 1.73 bits per heavy atom. The van der Waals surface area contributed by atoms with Crippen molar-refractivity contribution in [1.82, 2.24) is 9.97 Å². The number of hydrogen-bond donors (Lipinski definition) is 2. The molecule has 0 spiro atoms. The van der Waals surface area contributed by atoms with Crippen molar-refractivity contribution < 1.29 is 4.79 Å². The summed E-state index contributed by atoms with van der Waals surface area (Å²) in [5.41, 5.74) is 5.07. The standard InChI is InChI=1S/C20H19ClN4O/c1-12-4-7-16(14(3)8-12)24-19-11-22-18(10-23-19)20(26)25-17-9-15(21)6-5-13(17)2/h4-11H,1-3H3,(H,23,24)(H,25,26). The van der Waals surface area contributed by atoms with Gasteiger partial charge < -0.3 is 10.6 Å². The van der Waals surface area contributed by atoms with Crippen molar-refractivity contribution in [3.63, 3.8) is 0 Å². The van der Waals surface area contributed by atoms with Crippen molar-refractivity contribution in [3.8, 4) is 0 Å². The largest absolute Gasteiger partial charge is 0.339 e. The summed E-state index contributed by atoms with van der Waals surface area (Å²) in [5.74, 6) is 0.244. The normalized spacial score (nSPS) is 10.5. The summed E-state index contributed by atoms with van der Waals surface area (Å²) in [5, 5.41) is 6.57. The Morgan fingerprint density at radius 3 is 2.42 bits per heavy atom. The fourth-order valence-electron chi connectivity index (χ4n) is 2.52. The van der Waals surface area contributed by atoms with Crippen molar-refractivity contribution in [2.45, 2.75) is 20.8 Å². The number of amides is 1. The van der Waals surface area contributed by atoms with Crippen LogP contribution >= 0.6 is 11.6 Å². The highest BCUT2D eigenvalue weighted by Crippen LogP contribution is 2.22. The number of halogens is 1. The van der Waals surface area contributed by atoms with Gasteiger partial charge in [-0.15, -0.1) is 0 Å². The van der Waals surface area contributed by atoms with Gasteiger partial charge in [-0.3, -0.25) is 4.79 Å². The summed E-state index contributed by atoms with van der Waals surface area (Å²) in [4.78, 5) is 20.8. The minimum Gasteiger partial charge on any atom is -0.339 e. The molecule has 2 N–H and O–H groups in total. The summed E-state index contributed by atoms with van der Waals surface area (Å²) >= 11 is 5.98. The van der Waals surface area contributed by atoms with E-state index < -0.39 is 0 Å². The van der Waals surface area contributed by atoms with Crippen LogP contribution in [-0.4, -0.2) is 15.9 Å². The highest BCUT2D eigenvalue weighted by Gasteiger charge is 2.11. The number of aryl methyl sites for hydroxylation is 3. The number of benzene rings is 2. The molecule has 26 heavy (non-hydrogen) atoms. The molecule has 0 bridgehead atoms. The Kier molecular flexibility index (Phi) is 5.19. The van der Waals surface area contributed by atoms with Gasteiger partial charge in [0.1, 0.15) is 11.5 Å². The average molecular weight is 367 g/mol. The van der Waals surface area contributed by atoms with E-state index in [0.29, 0.717) is 16.5 Å². The number of carbonyl (C=O) groups is 1. The summed E-state index contributed by atoms with van der Waals surface area (Å²) in [6.45, 7) is 5.97. The molecule has 3 rings (SSSR count). The maximum absolute atomic E-state index is 12.4. The van der Waals surface area contributed by atoms with Gasteiger partial charge in [0, 0.05) is 16.4 Å². The van der Waals surface area contributed by atoms with Gasteiger partial charge >= 0.3 is 0 Å². The number of nitrogens with one attached hydrogen (secondary N) is 2. The highest BCUT2D eigenvalue weighted by molar-refractivity contribution is 6.31. The van der Waals surface area contributed by atoms with E-state index in [1.165, 1.54) is 11.8 Å². The van der Waals surface area contributed by atoms with Crippen molar-refractivity contribution in [2.24, 2.45) is 0 Å². The molecule has 1 aromatic heterocycles. The second kappa shape index (κ2) is 7.54. The van der Waals surface area contributed by atoms with Gasteiger partial charge in [0.15, 0.2) is 0 Å². The number of anilines is 3. The van der Waals surface area contributed by atoms with Crippen LogP contribution in [0.3, 0.4) is 0 Å². The molecule has 0 saturated carbocycles. The van der Waals surface area contributed by atoms with E-state index in [-0.39, 0.29) is 11.6 Å². The third-order valence-corrected chi connectivity index (χ3v) is 4.21. The van der Waals surface area contributed by atoms with Gasteiger partial charge in [0.25, 0.3) is 5.91 Å². The first-order valence-corrected chi connectivity index (χ1v) is 8.54. The molecule has 2 aromatic carbocycles. The zero-order valence-electron chi connectivity index (χ0n) is 14.8. The smallest absolute Gasteiger partial charge is 0.275 e. The number of hydrogen-bond acceptors (Lipinski definition) is 4. The fourth-order valence-corrected chi connectivity index (χ4v) is 2.69. The summed E-state index contributed by atoms with van der Waals surface area (Å²) in [6, 6.07) is 11.4. The number of rotatable bonds is 4. The van der Waals surface area contributed by atoms with Crippen LogP contribution in [0.25, 0.3) is 0 Å². The molecule has 0 aliphatic carbocycles. The maximum Gasteiger partial charge on any atom is 0.275 e. The number of nitrogens with zero attached hydrogens (tertiary/aromatic N) is 2. The molecular weight excluding hydrogens is 348 g/mol. The van der Waals surface area contributed by atoms with Gasteiger partial charge in [-0.05, 0) is 50.1 Å². The summed E-state index contributed by atoms with van der Waals surface area (Å²) in [6.07, 6.45) is 2.99. The van der Waals surface area contributed by atoms with E-state index in [2.05, 4.69) is 26.7 Å². The third kappa shape index (κ3) is 4.18. The minimum absolute atomic E-state index is 0.232. The predicted octanol–water partition coefficient (Wildman–Crippen LogP) is 5.05. The van der Waals surface area contributed by atoms with Crippen LogP contribution in [0.15, 0.2) is 48.8 Å². The molecule has 0 aliphatic heterocycles. The Balaban J connectivity index is 1.72. The van der Waals surface area contributed by atoms with Crippen LogP contribution in [0.2, 0.25) is 5.02 Å². The first kappa shape index (κ1) is 17.9. The Labute approximate surface area is 157 Å². The predicted molar refractivity (Wildman–Crippen MR) is 105 cm³/mol. The summed E-state index contributed by atoms with van der Waals surface area (Å²) < 4.78 is 0. The highest BCUT2D eigenvalue weighted by atomic mass is 35.5. The van der Waals surface area contributed by atoms with Gasteiger partial charge in [0.2, 0.25) is 0 Å². The van der Waals surface area contributed by atoms with Gasteiger partial charge in [0.05, 0.1) is 12.4 Å². The quantitative estimate of drug-likeness (QED) is 0.678. The lowest BCUT2D eigenvalue weighted by molar-refractivity contribution is 0.102. The van der Waals surface area contributed by atoms with E-state index in [1.54, 1.807) is 18.3 Å². The lowest BCUT2D eigenvalue weighted by Crippen LogP contribution is -2.15. The lowest BCUT2D eigenvalue weighted by atomic mass is 10.1. The molecule has 6 heteroatoms. The van der Waals surface area contributed by atoms with Gasteiger partial charge in [-0.1, -0.05) is 35.4 Å². The Hall–Kier alpha value is -2.92. The minimum atomic E-state index is -0.332. The van der Waals surface area contributed by atoms with Gasteiger partial charge in [-0.2, -0.15) is 0 Å². The zero-order chi connectivity index (χ0) is 18.7. The van der Waals surface area contributed by atoms with Crippen LogP contribution in [-0.2, 0) is 0 Å². The zero-order valence-corrected chi connectivity index (χ0v) is 15.6. The van der Waals surface area contributed by atoms with Crippen molar-refractivity contribution in [2.75, 3.05) is 10.6 Å². The molecular formula is C20H19ClN4O. The van der Waals surface area contributed by atoms with Crippen LogP contribution in [0.4, 0.5) is 17.2 Å². The number of aromatic nitrogens is 2. The van der Waals surface area contributed by atoms with Crippen molar-refractivity contribution in [3.05, 3.63) is 76.2 Å². The molecule has 0 saturated heterocycles. The molecule has 1 amide bonds. The SMILES string of the molecule is Cc1ccc(Nc2cnc(C(=O)Nc3cc(Cl)ccc3C)cn2)c(C)c1. The second-order valence-electron chi connectivity index (χ2n) is 6.14. The number of carbonyl (C=O) groups excluding carboxylic acids is 1. The summed E-state index contributed by atoms with van der Waals surface area (Å²) in [7, 11) is 0. The molecule has 0 aliphatic rings. The average Bonchev–Trinajstić information content (AvgIpc) is 2.61. The van der Waals surface area contributed by atoms with E-state index >= 15 is 0 Å². The first-order valence-electron chi connectivity index (χ1n) is 8.16. The molecule has 132 valence electrons. The van der Waals surface area contributed by atoms with Crippen LogP contribution in [0, 0.1) is 20.8 Å². The fraction of sp³-hybridized carbons (Fsp3) is 0.150. The van der Waals surface area contributed by atoms with Gasteiger partial charge in [-0.25, -0.2) is 9.97 Å². The van der Waals surface area contributed by atoms with Crippen LogP contribution in [0.5, 0.6) is 0 Å². The second-order valence-corrected chi connectivity index (χ2v) is 6.58. The molecule has 5 nitrogen and oxygen atoms in total. The van der Waals surface area contributed by atoms with E-state index in [1.807, 2.05) is 39.0 Å². The molecule has 3 aromatic rings. The van der Waals surface area contributed by atoms with E-state index in [0.717, 1.165) is 16.8 Å². The van der Waals surface area contributed by atoms with Crippen molar-refractivity contribution >= 4 is 34.7 Å². The van der Waals surface area contributed by atoms with E-state index in [4.69, 9.17) is 11.6 Å². The van der Waals surface area contributed by atoms with Crippen LogP contribution < -0.4 is 10.6 Å². The monoisotopic (exact) mass is 366 g/mol. The lowest BCUT2D eigenvalue weighted by Gasteiger charge is -2.10. The topological polar surface area (TPSA) is 66.9 Å². The molecule has 1 heterocycles. The van der Waals surface area contributed by atoms with Crippen molar-refractivity contribution in [1.29, 1.82) is 0 Å². The third-order valence-electron chi connectivity index (χ3n) is 3.98.